The third-order valence-electron chi connectivity index (χ3n) is 3.19. The van der Waals surface area contributed by atoms with Crippen LogP contribution in [0.4, 0.5) is 28.9 Å². The number of alkyl halides is 4. The predicted octanol–water partition coefficient (Wildman–Crippen LogP) is 3.57. The lowest BCUT2D eigenvalue weighted by Gasteiger charge is -2.15. The number of nitrogens with one attached hydrogen (secondary N) is 2. The van der Waals surface area contributed by atoms with Crippen molar-refractivity contribution >= 4 is 23.2 Å². The first-order chi connectivity index (χ1) is 12.7. The van der Waals surface area contributed by atoms with Crippen LogP contribution in [0.2, 0.25) is 0 Å². The molecule has 1 aromatic carbocycles. The number of ether oxygens (including phenoxy) is 1. The van der Waals surface area contributed by atoms with Gasteiger partial charge in [0.05, 0.1) is 11.9 Å². The Bertz CT molecular complexity index is 796. The number of nitrogens with zero attached hydrogens (tertiary/aromatic N) is 1. The molecule has 1 heterocycles. The van der Waals surface area contributed by atoms with E-state index in [9.17, 15) is 27.2 Å². The first-order valence-corrected chi connectivity index (χ1v) is 7.61. The Morgan fingerprint density at radius 2 is 1.70 bits per heavy atom. The fourth-order valence-corrected chi connectivity index (χ4v) is 1.88. The molecular formula is C17H15F4N3O3. The summed E-state index contributed by atoms with van der Waals surface area (Å²) >= 11 is 0. The highest BCUT2D eigenvalue weighted by atomic mass is 19.3. The second kappa shape index (κ2) is 8.47. The van der Waals surface area contributed by atoms with Gasteiger partial charge >= 0.3 is 12.3 Å². The molecule has 1 aromatic heterocycles. The van der Waals surface area contributed by atoms with Crippen molar-refractivity contribution in [3.05, 3.63) is 48.2 Å². The lowest BCUT2D eigenvalue weighted by Crippen LogP contribution is -2.33. The van der Waals surface area contributed by atoms with Gasteiger partial charge in [0, 0.05) is 24.2 Å². The number of amides is 2. The molecule has 27 heavy (non-hydrogen) atoms. The number of benzene rings is 1. The Hall–Kier alpha value is -3.17. The van der Waals surface area contributed by atoms with Gasteiger partial charge in [0.25, 0.3) is 5.91 Å². The van der Waals surface area contributed by atoms with Crippen LogP contribution >= 0.6 is 0 Å². The van der Waals surface area contributed by atoms with E-state index in [1.165, 1.54) is 25.1 Å². The fraction of sp³-hybridized carbons (Fsp3) is 0.235. The molecule has 0 spiro atoms. The minimum atomic E-state index is -4.28. The van der Waals surface area contributed by atoms with Crippen molar-refractivity contribution < 1.29 is 31.9 Å². The van der Waals surface area contributed by atoms with E-state index in [0.29, 0.717) is 11.3 Å². The summed E-state index contributed by atoms with van der Waals surface area (Å²) in [5, 5.41) is 5.09. The molecule has 0 aliphatic carbocycles. The minimum Gasteiger partial charge on any atom is -0.471 e. The number of pyridine rings is 1. The molecule has 10 heteroatoms. The Morgan fingerprint density at radius 1 is 1.07 bits per heavy atom. The van der Waals surface area contributed by atoms with Crippen LogP contribution in [0.25, 0.3) is 0 Å². The summed E-state index contributed by atoms with van der Waals surface area (Å²) in [5.74, 6) is -5.28. The number of halogens is 4. The SMILES string of the molecule is CC(=O)Nc1ccc(C(=O)Nc2ccc(OCC(F)(F)C(F)F)nc2)cc1. The molecule has 0 unspecified atom stereocenters. The van der Waals surface area contributed by atoms with Gasteiger partial charge in [-0.1, -0.05) is 0 Å². The Kier molecular flexibility index (Phi) is 6.32. The molecule has 2 aromatic rings. The molecule has 2 N–H and O–H groups in total. The molecule has 0 fully saturated rings. The highest BCUT2D eigenvalue weighted by molar-refractivity contribution is 6.04. The van der Waals surface area contributed by atoms with Gasteiger partial charge in [-0.05, 0) is 30.3 Å². The summed E-state index contributed by atoms with van der Waals surface area (Å²) in [6.45, 7) is -0.153. The topological polar surface area (TPSA) is 80.3 Å². The van der Waals surface area contributed by atoms with Gasteiger partial charge in [-0.2, -0.15) is 8.78 Å². The molecule has 0 bridgehead atoms. The average molecular weight is 385 g/mol. The molecule has 2 amide bonds. The van der Waals surface area contributed by atoms with Crippen molar-refractivity contribution in [2.75, 3.05) is 17.2 Å². The number of carbonyl (C=O) groups is 2. The van der Waals surface area contributed by atoms with E-state index >= 15 is 0 Å². The van der Waals surface area contributed by atoms with Gasteiger partial charge in [-0.15, -0.1) is 0 Å². The van der Waals surface area contributed by atoms with Crippen LogP contribution in [0.15, 0.2) is 42.6 Å². The zero-order valence-electron chi connectivity index (χ0n) is 14.0. The lowest BCUT2D eigenvalue weighted by atomic mass is 10.2. The zero-order chi connectivity index (χ0) is 20.0. The number of aromatic nitrogens is 1. The van der Waals surface area contributed by atoms with E-state index in [1.807, 2.05) is 0 Å². The first-order valence-electron chi connectivity index (χ1n) is 7.61. The summed E-state index contributed by atoms with van der Waals surface area (Å²) in [6.07, 6.45) is -2.70. The largest absolute Gasteiger partial charge is 0.471 e. The van der Waals surface area contributed by atoms with E-state index in [1.54, 1.807) is 12.1 Å². The Morgan fingerprint density at radius 3 is 2.22 bits per heavy atom. The van der Waals surface area contributed by atoms with Crippen LogP contribution in [0.1, 0.15) is 17.3 Å². The highest BCUT2D eigenvalue weighted by Crippen LogP contribution is 2.24. The van der Waals surface area contributed by atoms with Crippen LogP contribution in [0.3, 0.4) is 0 Å². The molecule has 0 aliphatic heterocycles. The maximum Gasteiger partial charge on any atom is 0.340 e. The summed E-state index contributed by atoms with van der Waals surface area (Å²) in [7, 11) is 0. The molecule has 2 rings (SSSR count). The number of carbonyl (C=O) groups excluding carboxylic acids is 2. The molecule has 0 atom stereocenters. The van der Waals surface area contributed by atoms with Crippen molar-refractivity contribution in [1.82, 2.24) is 4.98 Å². The van der Waals surface area contributed by atoms with Gasteiger partial charge < -0.3 is 15.4 Å². The van der Waals surface area contributed by atoms with Gasteiger partial charge in [0.2, 0.25) is 11.8 Å². The summed E-state index contributed by atoms with van der Waals surface area (Å²) in [4.78, 5) is 26.7. The van der Waals surface area contributed by atoms with Gasteiger partial charge in [0.15, 0.2) is 6.61 Å². The highest BCUT2D eigenvalue weighted by Gasteiger charge is 2.41. The van der Waals surface area contributed by atoms with E-state index in [2.05, 4.69) is 20.4 Å². The number of anilines is 2. The van der Waals surface area contributed by atoms with Crippen molar-refractivity contribution in [3.63, 3.8) is 0 Å². The monoisotopic (exact) mass is 385 g/mol. The minimum absolute atomic E-state index is 0.244. The molecule has 6 nitrogen and oxygen atoms in total. The predicted molar refractivity (Wildman–Crippen MR) is 89.4 cm³/mol. The third kappa shape index (κ3) is 5.94. The normalized spacial score (nSPS) is 11.2. The Labute approximate surface area is 151 Å². The number of hydrogen-bond acceptors (Lipinski definition) is 4. The second-order valence-corrected chi connectivity index (χ2v) is 5.45. The van der Waals surface area contributed by atoms with Crippen LogP contribution < -0.4 is 15.4 Å². The Balaban J connectivity index is 1.93. The third-order valence-corrected chi connectivity index (χ3v) is 3.19. The number of rotatable bonds is 7. The fourth-order valence-electron chi connectivity index (χ4n) is 1.88. The van der Waals surface area contributed by atoms with E-state index in [-0.39, 0.29) is 17.5 Å². The van der Waals surface area contributed by atoms with Gasteiger partial charge in [-0.3, -0.25) is 9.59 Å². The van der Waals surface area contributed by atoms with Crippen LogP contribution in [0.5, 0.6) is 5.88 Å². The zero-order valence-corrected chi connectivity index (χ0v) is 14.0. The van der Waals surface area contributed by atoms with Crippen LogP contribution in [0, 0.1) is 0 Å². The second-order valence-electron chi connectivity index (χ2n) is 5.45. The average Bonchev–Trinajstić information content (AvgIpc) is 2.61. The molecule has 0 saturated heterocycles. The number of hydrogen-bond donors (Lipinski definition) is 2. The van der Waals surface area contributed by atoms with E-state index < -0.39 is 24.9 Å². The first kappa shape index (κ1) is 20.1. The summed E-state index contributed by atoms with van der Waals surface area (Å²) in [6, 6.07) is 8.59. The molecule has 0 saturated carbocycles. The van der Waals surface area contributed by atoms with Crippen LogP contribution in [-0.2, 0) is 4.79 Å². The van der Waals surface area contributed by atoms with E-state index in [0.717, 1.165) is 12.3 Å². The molecule has 0 radical (unpaired) electrons. The summed E-state index contributed by atoms with van der Waals surface area (Å²) in [5.41, 5.74) is 1.09. The van der Waals surface area contributed by atoms with Crippen LogP contribution in [-0.4, -0.2) is 35.8 Å². The quantitative estimate of drug-likeness (QED) is 0.714. The molecule has 0 aliphatic rings. The van der Waals surface area contributed by atoms with E-state index in [4.69, 9.17) is 0 Å². The lowest BCUT2D eigenvalue weighted by molar-refractivity contribution is -0.148. The maximum atomic E-state index is 12.8. The standard InChI is InChI=1S/C17H15F4N3O3/c1-10(25)23-12-4-2-11(3-5-12)15(26)24-13-6-7-14(22-8-13)27-9-17(20,21)16(18)19/h2-8,16H,9H2,1H3,(H,23,25)(H,24,26). The molecule has 144 valence electrons. The molecular weight excluding hydrogens is 370 g/mol. The van der Waals surface area contributed by atoms with Gasteiger partial charge in [0.1, 0.15) is 0 Å². The summed E-state index contributed by atoms with van der Waals surface area (Å²) < 4.78 is 54.2. The van der Waals surface area contributed by atoms with Crippen molar-refractivity contribution in [2.24, 2.45) is 0 Å². The van der Waals surface area contributed by atoms with Crippen molar-refractivity contribution in [3.8, 4) is 5.88 Å². The smallest absolute Gasteiger partial charge is 0.340 e. The van der Waals surface area contributed by atoms with Gasteiger partial charge in [-0.25, -0.2) is 13.8 Å². The van der Waals surface area contributed by atoms with Crippen molar-refractivity contribution in [2.45, 2.75) is 19.3 Å². The maximum absolute atomic E-state index is 12.8. The van der Waals surface area contributed by atoms with Crippen molar-refractivity contribution in [1.29, 1.82) is 0 Å².